The number of aliphatic carboxylic acids is 1. The minimum Gasteiger partial charge on any atom is -0.480 e. The van der Waals surface area contributed by atoms with Crippen LogP contribution in [0.1, 0.15) is 46.8 Å². The van der Waals surface area contributed by atoms with Crippen LogP contribution >= 0.6 is 11.3 Å². The fourth-order valence-corrected chi connectivity index (χ4v) is 2.78. The Morgan fingerprint density at radius 3 is 2.56 bits per heavy atom. The lowest BCUT2D eigenvalue weighted by molar-refractivity contribution is -0.139. The molecule has 0 bridgehead atoms. The van der Waals surface area contributed by atoms with Crippen LogP contribution in [0.15, 0.2) is 6.07 Å². The molecule has 1 amide bonds. The maximum Gasteiger partial charge on any atom is 0.326 e. The van der Waals surface area contributed by atoms with E-state index in [4.69, 9.17) is 5.11 Å². The van der Waals surface area contributed by atoms with E-state index in [1.54, 1.807) is 0 Å². The number of rotatable bonds is 6. The summed E-state index contributed by atoms with van der Waals surface area (Å²) in [5.41, 5.74) is 1.15. The number of carboxylic acids is 1. The van der Waals surface area contributed by atoms with E-state index >= 15 is 0 Å². The van der Waals surface area contributed by atoms with Crippen LogP contribution in [0.3, 0.4) is 0 Å². The van der Waals surface area contributed by atoms with Gasteiger partial charge in [-0.3, -0.25) is 4.79 Å². The molecule has 0 radical (unpaired) electrons. The highest BCUT2D eigenvalue weighted by atomic mass is 32.1. The van der Waals surface area contributed by atoms with E-state index in [0.717, 1.165) is 23.3 Å². The van der Waals surface area contributed by atoms with Gasteiger partial charge in [-0.2, -0.15) is 0 Å². The van der Waals surface area contributed by atoms with Crippen molar-refractivity contribution in [2.24, 2.45) is 0 Å². The number of thiophene rings is 1. The van der Waals surface area contributed by atoms with E-state index in [2.05, 4.69) is 5.32 Å². The summed E-state index contributed by atoms with van der Waals surface area (Å²) in [6, 6.07) is 1.05. The summed E-state index contributed by atoms with van der Waals surface area (Å²) in [4.78, 5) is 24.6. The van der Waals surface area contributed by atoms with Gasteiger partial charge in [0.2, 0.25) is 0 Å². The fraction of sp³-hybridized carbons (Fsp3) is 0.538. The minimum atomic E-state index is -0.978. The van der Waals surface area contributed by atoms with Crippen molar-refractivity contribution in [1.29, 1.82) is 0 Å². The Kier molecular flexibility index (Phi) is 5.34. The van der Waals surface area contributed by atoms with Gasteiger partial charge in [0.1, 0.15) is 6.04 Å². The lowest BCUT2D eigenvalue weighted by atomic mass is 10.1. The second-order valence-electron chi connectivity index (χ2n) is 4.20. The maximum absolute atomic E-state index is 12.0. The molecule has 1 rings (SSSR count). The van der Waals surface area contributed by atoms with Crippen LogP contribution in [0.4, 0.5) is 0 Å². The zero-order valence-corrected chi connectivity index (χ0v) is 11.8. The van der Waals surface area contributed by atoms with Gasteiger partial charge in [-0.05, 0) is 31.4 Å². The van der Waals surface area contributed by atoms with Gasteiger partial charge in [0.15, 0.2) is 0 Å². The minimum absolute atomic E-state index is 0.288. The third-order valence-electron chi connectivity index (χ3n) is 2.81. The van der Waals surface area contributed by atoms with E-state index in [1.165, 1.54) is 11.3 Å². The number of amides is 1. The first-order valence-electron chi connectivity index (χ1n) is 6.12. The summed E-state index contributed by atoms with van der Waals surface area (Å²) < 4.78 is 0. The van der Waals surface area contributed by atoms with Crippen molar-refractivity contribution in [3.8, 4) is 0 Å². The van der Waals surface area contributed by atoms with Gasteiger partial charge >= 0.3 is 5.97 Å². The van der Waals surface area contributed by atoms with Crippen LogP contribution in [0, 0.1) is 6.92 Å². The van der Waals surface area contributed by atoms with Crippen molar-refractivity contribution in [3.05, 3.63) is 21.4 Å². The number of carbonyl (C=O) groups excluding carboxylic acids is 1. The normalized spacial score (nSPS) is 12.2. The molecule has 0 unspecified atom stereocenters. The summed E-state index contributed by atoms with van der Waals surface area (Å²) >= 11 is 1.41. The highest BCUT2D eigenvalue weighted by Crippen LogP contribution is 2.22. The fourth-order valence-electron chi connectivity index (χ4n) is 1.76. The molecule has 0 saturated carbocycles. The Morgan fingerprint density at radius 2 is 2.11 bits per heavy atom. The molecular weight excluding hydrogens is 250 g/mol. The summed E-state index contributed by atoms with van der Waals surface area (Å²) in [7, 11) is 0. The molecule has 0 aliphatic heterocycles. The van der Waals surface area contributed by atoms with Crippen LogP contribution in [-0.2, 0) is 11.2 Å². The summed E-state index contributed by atoms with van der Waals surface area (Å²) in [5, 5.41) is 11.6. The van der Waals surface area contributed by atoms with Crippen molar-refractivity contribution < 1.29 is 14.7 Å². The van der Waals surface area contributed by atoms with E-state index in [0.29, 0.717) is 11.3 Å². The molecule has 5 heteroatoms. The monoisotopic (exact) mass is 269 g/mol. The second kappa shape index (κ2) is 6.54. The Labute approximate surface area is 111 Å². The van der Waals surface area contributed by atoms with Crippen LogP contribution in [0.5, 0.6) is 0 Å². The van der Waals surface area contributed by atoms with Gasteiger partial charge in [0, 0.05) is 4.88 Å². The van der Waals surface area contributed by atoms with Crippen LogP contribution < -0.4 is 5.32 Å². The third-order valence-corrected chi connectivity index (χ3v) is 3.90. The molecule has 0 aromatic carbocycles. The Balaban J connectivity index is 2.77. The molecule has 0 aliphatic rings. The molecule has 0 fully saturated rings. The lowest BCUT2D eigenvalue weighted by Gasteiger charge is -2.12. The van der Waals surface area contributed by atoms with Crippen molar-refractivity contribution in [1.82, 2.24) is 5.32 Å². The quantitative estimate of drug-likeness (QED) is 0.834. The molecule has 0 spiro atoms. The van der Waals surface area contributed by atoms with Crippen molar-refractivity contribution in [3.63, 3.8) is 0 Å². The summed E-state index contributed by atoms with van der Waals surface area (Å²) in [5.74, 6) is -1.27. The van der Waals surface area contributed by atoms with Gasteiger partial charge in [-0.1, -0.05) is 20.3 Å². The Bertz CT molecular complexity index is 439. The lowest BCUT2D eigenvalue weighted by Crippen LogP contribution is -2.40. The SMILES string of the molecule is CCC[C@@H](NC(=O)c1cc(CC)c(C)s1)C(=O)O. The highest BCUT2D eigenvalue weighted by Gasteiger charge is 2.20. The highest BCUT2D eigenvalue weighted by molar-refractivity contribution is 7.14. The predicted octanol–water partition coefficient (Wildman–Crippen LogP) is 2.60. The first-order valence-corrected chi connectivity index (χ1v) is 6.94. The molecule has 2 N–H and O–H groups in total. The van der Waals surface area contributed by atoms with E-state index in [1.807, 2.05) is 26.8 Å². The first-order chi connectivity index (χ1) is 8.49. The number of hydrogen-bond donors (Lipinski definition) is 2. The molecule has 1 aromatic rings. The second-order valence-corrected chi connectivity index (χ2v) is 5.45. The number of carboxylic acid groups (broad SMARTS) is 1. The first kappa shape index (κ1) is 14.7. The number of nitrogens with one attached hydrogen (secondary N) is 1. The molecular formula is C13H19NO3S. The van der Waals surface area contributed by atoms with E-state index < -0.39 is 12.0 Å². The van der Waals surface area contributed by atoms with Crippen LogP contribution in [0.2, 0.25) is 0 Å². The van der Waals surface area contributed by atoms with Gasteiger partial charge in [0.25, 0.3) is 5.91 Å². The largest absolute Gasteiger partial charge is 0.480 e. The molecule has 1 aromatic heterocycles. The molecule has 4 nitrogen and oxygen atoms in total. The van der Waals surface area contributed by atoms with Crippen molar-refractivity contribution in [2.75, 3.05) is 0 Å². The van der Waals surface area contributed by atoms with E-state index in [-0.39, 0.29) is 5.91 Å². The van der Waals surface area contributed by atoms with Crippen LogP contribution in [-0.4, -0.2) is 23.0 Å². The summed E-state index contributed by atoms with van der Waals surface area (Å²) in [6.07, 6.45) is 2.06. The topological polar surface area (TPSA) is 66.4 Å². The molecule has 0 aliphatic carbocycles. The number of carbonyl (C=O) groups is 2. The Hall–Kier alpha value is -1.36. The van der Waals surface area contributed by atoms with Crippen molar-refractivity contribution in [2.45, 2.75) is 46.1 Å². The molecule has 1 heterocycles. The van der Waals surface area contributed by atoms with Gasteiger partial charge < -0.3 is 10.4 Å². The zero-order chi connectivity index (χ0) is 13.7. The van der Waals surface area contributed by atoms with Gasteiger partial charge in [-0.25, -0.2) is 4.79 Å². The van der Waals surface area contributed by atoms with Gasteiger partial charge in [0.05, 0.1) is 4.88 Å². The average molecular weight is 269 g/mol. The third kappa shape index (κ3) is 3.57. The van der Waals surface area contributed by atoms with Crippen LogP contribution in [0.25, 0.3) is 0 Å². The smallest absolute Gasteiger partial charge is 0.326 e. The Morgan fingerprint density at radius 1 is 1.44 bits per heavy atom. The van der Waals surface area contributed by atoms with E-state index in [9.17, 15) is 9.59 Å². The average Bonchev–Trinajstić information content (AvgIpc) is 2.69. The summed E-state index contributed by atoms with van der Waals surface area (Å²) in [6.45, 7) is 5.90. The molecule has 0 saturated heterocycles. The molecule has 18 heavy (non-hydrogen) atoms. The standard InChI is InChI=1S/C13H19NO3S/c1-4-6-10(13(16)17)14-12(15)11-7-9(5-2)8(3)18-11/h7,10H,4-6H2,1-3H3,(H,14,15)(H,16,17)/t10-/m1/s1. The van der Waals surface area contributed by atoms with Gasteiger partial charge in [-0.15, -0.1) is 11.3 Å². The number of hydrogen-bond acceptors (Lipinski definition) is 3. The predicted molar refractivity (Wildman–Crippen MR) is 72.2 cm³/mol. The van der Waals surface area contributed by atoms with Crippen molar-refractivity contribution >= 4 is 23.2 Å². The molecule has 100 valence electrons. The zero-order valence-electron chi connectivity index (χ0n) is 10.9. The maximum atomic E-state index is 12.0. The molecule has 1 atom stereocenters. The number of aryl methyl sites for hydroxylation is 2.